The number of aromatic nitrogens is 2. The lowest BCUT2D eigenvalue weighted by atomic mass is 10.2. The summed E-state index contributed by atoms with van der Waals surface area (Å²) in [5.74, 6) is 0.146. The quantitative estimate of drug-likeness (QED) is 0.883. The van der Waals surface area contributed by atoms with Crippen molar-refractivity contribution in [3.63, 3.8) is 0 Å². The molecule has 1 aromatic carbocycles. The largest absolute Gasteiger partial charge is 0.487 e. The Morgan fingerprint density at radius 2 is 2.20 bits per heavy atom. The van der Waals surface area contributed by atoms with Crippen molar-refractivity contribution in [1.82, 2.24) is 9.78 Å². The molecule has 108 valence electrons. The zero-order chi connectivity index (χ0) is 14.5. The molecule has 0 radical (unpaired) electrons. The molecule has 0 aliphatic carbocycles. The summed E-state index contributed by atoms with van der Waals surface area (Å²) >= 11 is 0. The third kappa shape index (κ3) is 3.36. The molecule has 0 saturated heterocycles. The minimum Gasteiger partial charge on any atom is -0.487 e. The molecule has 1 heterocycles. The molecule has 2 rings (SSSR count). The summed E-state index contributed by atoms with van der Waals surface area (Å²) in [6.45, 7) is 4.74. The molecule has 1 atom stereocenters. The Labute approximate surface area is 118 Å². The van der Waals surface area contributed by atoms with E-state index in [9.17, 15) is 4.39 Å². The van der Waals surface area contributed by atoms with Gasteiger partial charge in [-0.1, -0.05) is 13.0 Å². The maximum absolute atomic E-state index is 13.6. The second-order valence-electron chi connectivity index (χ2n) is 4.79. The van der Waals surface area contributed by atoms with Crippen LogP contribution < -0.4 is 10.5 Å². The normalized spacial score (nSPS) is 12.4. The van der Waals surface area contributed by atoms with Crippen molar-refractivity contribution in [2.24, 2.45) is 5.73 Å². The van der Waals surface area contributed by atoms with Gasteiger partial charge in [-0.25, -0.2) is 4.39 Å². The molecule has 2 N–H and O–H groups in total. The molecule has 20 heavy (non-hydrogen) atoms. The van der Waals surface area contributed by atoms with E-state index in [2.05, 4.69) is 18.9 Å². The fourth-order valence-corrected chi connectivity index (χ4v) is 1.83. The van der Waals surface area contributed by atoms with E-state index >= 15 is 0 Å². The van der Waals surface area contributed by atoms with Crippen LogP contribution in [0, 0.1) is 5.82 Å². The number of hydrogen-bond acceptors (Lipinski definition) is 3. The fourth-order valence-electron chi connectivity index (χ4n) is 1.83. The molecule has 5 heteroatoms. The first-order valence-corrected chi connectivity index (χ1v) is 6.79. The van der Waals surface area contributed by atoms with Crippen LogP contribution in [0.15, 0.2) is 30.5 Å². The minimum atomic E-state index is -0.338. The highest BCUT2D eigenvalue weighted by molar-refractivity contribution is 5.28. The lowest BCUT2D eigenvalue weighted by Crippen LogP contribution is -2.06. The van der Waals surface area contributed by atoms with E-state index in [0.717, 1.165) is 12.1 Å². The molecule has 1 aromatic heterocycles. The predicted octanol–water partition coefficient (Wildman–Crippen LogP) is 3.03. The maximum Gasteiger partial charge on any atom is 0.132 e. The van der Waals surface area contributed by atoms with Crippen LogP contribution in [0.1, 0.15) is 37.6 Å². The van der Waals surface area contributed by atoms with Gasteiger partial charge >= 0.3 is 0 Å². The first-order chi connectivity index (χ1) is 9.63. The van der Waals surface area contributed by atoms with E-state index < -0.39 is 0 Å². The zero-order valence-corrected chi connectivity index (χ0v) is 11.8. The van der Waals surface area contributed by atoms with Gasteiger partial charge in [0.2, 0.25) is 0 Å². The zero-order valence-electron chi connectivity index (χ0n) is 11.8. The topological polar surface area (TPSA) is 53.1 Å². The van der Waals surface area contributed by atoms with Gasteiger partial charge in [-0.15, -0.1) is 0 Å². The second kappa shape index (κ2) is 6.52. The van der Waals surface area contributed by atoms with E-state index in [-0.39, 0.29) is 12.4 Å². The van der Waals surface area contributed by atoms with Crippen molar-refractivity contribution >= 4 is 0 Å². The Hall–Kier alpha value is -1.88. The Balaban J connectivity index is 1.98. The van der Waals surface area contributed by atoms with Gasteiger partial charge in [0.25, 0.3) is 0 Å². The SMILES string of the molecule is CCC(C)n1ccc(COc2ccc(CN)c(F)c2)n1. The highest BCUT2D eigenvalue weighted by Crippen LogP contribution is 2.18. The number of halogens is 1. The molecule has 0 aliphatic heterocycles. The van der Waals surface area contributed by atoms with Crippen LogP contribution in [0.25, 0.3) is 0 Å². The van der Waals surface area contributed by atoms with Crippen LogP contribution in [0.3, 0.4) is 0 Å². The van der Waals surface area contributed by atoms with E-state index in [0.29, 0.717) is 24.0 Å². The number of ether oxygens (including phenoxy) is 1. The van der Waals surface area contributed by atoms with Gasteiger partial charge in [-0.05, 0) is 25.5 Å². The van der Waals surface area contributed by atoms with Crippen molar-refractivity contribution in [3.8, 4) is 5.75 Å². The van der Waals surface area contributed by atoms with Crippen LogP contribution in [0.2, 0.25) is 0 Å². The van der Waals surface area contributed by atoms with Gasteiger partial charge in [0.05, 0.1) is 5.69 Å². The van der Waals surface area contributed by atoms with Crippen molar-refractivity contribution in [2.75, 3.05) is 0 Å². The number of nitrogens with two attached hydrogens (primary N) is 1. The van der Waals surface area contributed by atoms with E-state index in [4.69, 9.17) is 10.5 Å². The summed E-state index contributed by atoms with van der Waals surface area (Å²) in [5.41, 5.74) is 6.73. The average Bonchev–Trinajstić information content (AvgIpc) is 2.93. The average molecular weight is 277 g/mol. The molecule has 0 spiro atoms. The molecule has 4 nitrogen and oxygen atoms in total. The third-order valence-corrected chi connectivity index (χ3v) is 3.34. The highest BCUT2D eigenvalue weighted by Gasteiger charge is 2.06. The van der Waals surface area contributed by atoms with E-state index in [1.807, 2.05) is 16.9 Å². The summed E-state index contributed by atoms with van der Waals surface area (Å²) in [6.07, 6.45) is 2.96. The van der Waals surface area contributed by atoms with E-state index in [1.165, 1.54) is 6.07 Å². The maximum atomic E-state index is 13.6. The van der Waals surface area contributed by atoms with E-state index in [1.54, 1.807) is 12.1 Å². The number of benzene rings is 1. The van der Waals surface area contributed by atoms with Crippen molar-refractivity contribution < 1.29 is 9.13 Å². The number of nitrogens with zero attached hydrogens (tertiary/aromatic N) is 2. The number of hydrogen-bond donors (Lipinski definition) is 1. The molecule has 0 bridgehead atoms. The fraction of sp³-hybridized carbons (Fsp3) is 0.400. The van der Waals surface area contributed by atoms with Gasteiger partial charge in [0.1, 0.15) is 18.2 Å². The summed E-state index contributed by atoms with van der Waals surface area (Å²) in [5, 5.41) is 4.43. The lowest BCUT2D eigenvalue weighted by Gasteiger charge is -2.09. The Kier molecular flexibility index (Phi) is 4.74. The minimum absolute atomic E-state index is 0.186. The van der Waals surface area contributed by atoms with Gasteiger partial charge in [-0.3, -0.25) is 4.68 Å². The standard InChI is InChI=1S/C15H20FN3O/c1-3-11(2)19-7-6-13(18-19)10-20-14-5-4-12(9-17)15(16)8-14/h4-8,11H,3,9-10,17H2,1-2H3. The molecule has 0 saturated carbocycles. The van der Waals surface area contributed by atoms with Crippen LogP contribution in [-0.2, 0) is 13.2 Å². The smallest absolute Gasteiger partial charge is 0.132 e. The van der Waals surface area contributed by atoms with Gasteiger partial charge in [0, 0.05) is 30.4 Å². The van der Waals surface area contributed by atoms with Crippen LogP contribution in [0.4, 0.5) is 4.39 Å². The van der Waals surface area contributed by atoms with Gasteiger partial charge in [-0.2, -0.15) is 5.10 Å². The van der Waals surface area contributed by atoms with Crippen LogP contribution >= 0.6 is 0 Å². The summed E-state index contributed by atoms with van der Waals surface area (Å²) in [4.78, 5) is 0. The first kappa shape index (κ1) is 14.5. The van der Waals surface area contributed by atoms with Crippen molar-refractivity contribution in [3.05, 3.63) is 47.5 Å². The van der Waals surface area contributed by atoms with Crippen molar-refractivity contribution in [1.29, 1.82) is 0 Å². The molecule has 1 unspecified atom stereocenters. The van der Waals surface area contributed by atoms with Crippen molar-refractivity contribution in [2.45, 2.75) is 39.5 Å². The molecule has 2 aromatic rings. The van der Waals surface area contributed by atoms with Gasteiger partial charge < -0.3 is 10.5 Å². The lowest BCUT2D eigenvalue weighted by molar-refractivity contribution is 0.296. The number of rotatable bonds is 6. The summed E-state index contributed by atoms with van der Waals surface area (Å²) in [7, 11) is 0. The predicted molar refractivity (Wildman–Crippen MR) is 75.9 cm³/mol. The molecular weight excluding hydrogens is 257 g/mol. The molecule has 0 aliphatic rings. The monoisotopic (exact) mass is 277 g/mol. The summed E-state index contributed by atoms with van der Waals surface area (Å²) in [6, 6.07) is 6.99. The van der Waals surface area contributed by atoms with Crippen LogP contribution in [-0.4, -0.2) is 9.78 Å². The third-order valence-electron chi connectivity index (χ3n) is 3.34. The second-order valence-corrected chi connectivity index (χ2v) is 4.79. The highest BCUT2D eigenvalue weighted by atomic mass is 19.1. The Bertz CT molecular complexity index is 568. The summed E-state index contributed by atoms with van der Waals surface area (Å²) < 4.78 is 21.0. The molecule has 0 amide bonds. The Morgan fingerprint density at radius 3 is 2.85 bits per heavy atom. The Morgan fingerprint density at radius 1 is 1.40 bits per heavy atom. The van der Waals surface area contributed by atoms with Gasteiger partial charge in [0.15, 0.2) is 0 Å². The first-order valence-electron chi connectivity index (χ1n) is 6.79. The molecular formula is C15H20FN3O. The van der Waals surface area contributed by atoms with Crippen LogP contribution in [0.5, 0.6) is 5.75 Å². The molecule has 0 fully saturated rings.